The molecule has 0 spiro atoms. The second kappa shape index (κ2) is 7.08. The van der Waals surface area contributed by atoms with Crippen LogP contribution in [0.4, 0.5) is 0 Å². The fourth-order valence-corrected chi connectivity index (χ4v) is 2.20. The van der Waals surface area contributed by atoms with Crippen LogP contribution in [0.3, 0.4) is 0 Å². The number of carbonyl (C=O) groups is 2. The molecule has 2 atom stereocenters. The van der Waals surface area contributed by atoms with Crippen molar-refractivity contribution >= 4 is 11.8 Å². The molecule has 0 radical (unpaired) electrons. The number of hydrogen-bond donors (Lipinski definition) is 2. The molecular formula is C16H22N2O2. The first-order chi connectivity index (χ1) is 9.66. The Kier molecular flexibility index (Phi) is 5.16. The summed E-state index contributed by atoms with van der Waals surface area (Å²) in [5.41, 5.74) is 1.21. The van der Waals surface area contributed by atoms with Gasteiger partial charge in [0.25, 0.3) is 0 Å². The van der Waals surface area contributed by atoms with Gasteiger partial charge in [-0.25, -0.2) is 0 Å². The van der Waals surface area contributed by atoms with Gasteiger partial charge in [0.05, 0.1) is 0 Å². The maximum absolute atomic E-state index is 11.6. The molecule has 1 fully saturated rings. The summed E-state index contributed by atoms with van der Waals surface area (Å²) in [7, 11) is 0. The van der Waals surface area contributed by atoms with Crippen molar-refractivity contribution in [3.63, 3.8) is 0 Å². The molecule has 0 heterocycles. The minimum atomic E-state index is -0.00919. The van der Waals surface area contributed by atoms with Crippen LogP contribution in [0.5, 0.6) is 0 Å². The quantitative estimate of drug-likeness (QED) is 0.792. The number of nitrogens with one attached hydrogen (secondary N) is 2. The Balaban J connectivity index is 1.53. The second-order valence-corrected chi connectivity index (χ2v) is 5.45. The zero-order chi connectivity index (χ0) is 14.4. The second-order valence-electron chi connectivity index (χ2n) is 5.45. The van der Waals surface area contributed by atoms with E-state index in [2.05, 4.69) is 17.6 Å². The van der Waals surface area contributed by atoms with Crippen molar-refractivity contribution in [3.8, 4) is 0 Å². The lowest BCUT2D eigenvalue weighted by Crippen LogP contribution is -2.32. The average molecular weight is 274 g/mol. The number of amides is 2. The largest absolute Gasteiger partial charge is 0.356 e. The molecule has 1 aromatic carbocycles. The van der Waals surface area contributed by atoms with Gasteiger partial charge in [0.15, 0.2) is 0 Å². The summed E-state index contributed by atoms with van der Waals surface area (Å²) in [4.78, 5) is 23.2. The fourth-order valence-electron chi connectivity index (χ4n) is 2.20. The lowest BCUT2D eigenvalue weighted by molar-refractivity contribution is -0.123. The lowest BCUT2D eigenvalue weighted by Gasteiger charge is -2.06. The van der Waals surface area contributed by atoms with Crippen LogP contribution in [-0.4, -0.2) is 24.9 Å². The van der Waals surface area contributed by atoms with Crippen molar-refractivity contribution in [2.24, 2.45) is 11.8 Å². The summed E-state index contributed by atoms with van der Waals surface area (Å²) in [6.07, 6.45) is 2.16. The highest BCUT2D eigenvalue weighted by Gasteiger charge is 2.38. The van der Waals surface area contributed by atoms with E-state index in [-0.39, 0.29) is 17.7 Å². The zero-order valence-electron chi connectivity index (χ0n) is 11.9. The number of hydrogen-bond acceptors (Lipinski definition) is 2. The van der Waals surface area contributed by atoms with E-state index in [1.165, 1.54) is 5.56 Å². The molecule has 108 valence electrons. The molecule has 0 aliphatic heterocycles. The van der Waals surface area contributed by atoms with Crippen molar-refractivity contribution in [1.82, 2.24) is 10.6 Å². The van der Waals surface area contributed by atoms with Gasteiger partial charge in [-0.3, -0.25) is 9.59 Å². The fraction of sp³-hybridized carbons (Fsp3) is 0.500. The van der Waals surface area contributed by atoms with Crippen molar-refractivity contribution in [3.05, 3.63) is 35.9 Å². The molecule has 1 aliphatic carbocycles. The average Bonchev–Trinajstić information content (AvgIpc) is 3.17. The highest BCUT2D eigenvalue weighted by Crippen LogP contribution is 2.37. The van der Waals surface area contributed by atoms with Gasteiger partial charge in [-0.15, -0.1) is 0 Å². The van der Waals surface area contributed by atoms with Crippen LogP contribution in [0, 0.1) is 11.8 Å². The summed E-state index contributed by atoms with van der Waals surface area (Å²) in [6, 6.07) is 10.1. The van der Waals surface area contributed by atoms with Crippen LogP contribution in [0.15, 0.2) is 30.3 Å². The minimum absolute atomic E-state index is 0.00919. The molecule has 2 amide bonds. The van der Waals surface area contributed by atoms with E-state index in [1.54, 1.807) is 0 Å². The molecule has 2 rings (SSSR count). The van der Waals surface area contributed by atoms with Gasteiger partial charge in [-0.2, -0.15) is 0 Å². The number of carbonyl (C=O) groups excluding carboxylic acids is 2. The summed E-state index contributed by atoms with van der Waals surface area (Å²) in [5, 5.41) is 5.68. The van der Waals surface area contributed by atoms with Gasteiger partial charge in [-0.1, -0.05) is 37.3 Å². The first kappa shape index (κ1) is 14.6. The molecule has 4 heteroatoms. The Bertz CT molecular complexity index is 459. The van der Waals surface area contributed by atoms with Gasteiger partial charge < -0.3 is 10.6 Å². The summed E-state index contributed by atoms with van der Waals surface area (Å²) in [6.45, 7) is 3.14. The Morgan fingerprint density at radius 2 is 1.85 bits per heavy atom. The molecule has 0 bridgehead atoms. The maximum atomic E-state index is 11.6. The van der Waals surface area contributed by atoms with E-state index < -0.39 is 0 Å². The van der Waals surface area contributed by atoms with Crippen molar-refractivity contribution in [2.75, 3.05) is 13.1 Å². The van der Waals surface area contributed by atoms with Crippen molar-refractivity contribution in [1.29, 1.82) is 0 Å². The Labute approximate surface area is 119 Å². The third-order valence-corrected chi connectivity index (χ3v) is 3.68. The topological polar surface area (TPSA) is 58.2 Å². The van der Waals surface area contributed by atoms with Crippen LogP contribution < -0.4 is 10.6 Å². The Morgan fingerprint density at radius 1 is 1.15 bits per heavy atom. The molecule has 20 heavy (non-hydrogen) atoms. The zero-order valence-corrected chi connectivity index (χ0v) is 11.9. The molecule has 1 aliphatic rings. The predicted molar refractivity (Wildman–Crippen MR) is 78.1 cm³/mol. The summed E-state index contributed by atoms with van der Waals surface area (Å²) in [5.74, 6) is 0.769. The highest BCUT2D eigenvalue weighted by molar-refractivity contribution is 5.82. The summed E-state index contributed by atoms with van der Waals surface area (Å²) < 4.78 is 0. The van der Waals surface area contributed by atoms with E-state index >= 15 is 0 Å². The van der Waals surface area contributed by atoms with Crippen LogP contribution >= 0.6 is 0 Å². The smallest absolute Gasteiger partial charge is 0.223 e. The SMILES string of the molecule is CC1CC1C(=O)NCCC(=O)NCCc1ccccc1. The molecule has 1 saturated carbocycles. The van der Waals surface area contributed by atoms with E-state index in [1.807, 2.05) is 30.3 Å². The van der Waals surface area contributed by atoms with Gasteiger partial charge in [0.1, 0.15) is 0 Å². The summed E-state index contributed by atoms with van der Waals surface area (Å²) >= 11 is 0. The van der Waals surface area contributed by atoms with Crippen molar-refractivity contribution < 1.29 is 9.59 Å². The molecule has 4 nitrogen and oxygen atoms in total. The molecule has 2 N–H and O–H groups in total. The molecule has 0 saturated heterocycles. The van der Waals surface area contributed by atoms with E-state index in [4.69, 9.17) is 0 Å². The van der Waals surface area contributed by atoms with Crippen LogP contribution in [0.2, 0.25) is 0 Å². The number of benzene rings is 1. The lowest BCUT2D eigenvalue weighted by atomic mass is 10.1. The third-order valence-electron chi connectivity index (χ3n) is 3.68. The number of rotatable bonds is 7. The molecule has 0 aromatic heterocycles. The first-order valence-corrected chi connectivity index (χ1v) is 7.25. The van der Waals surface area contributed by atoms with E-state index in [0.29, 0.717) is 25.4 Å². The Hall–Kier alpha value is -1.84. The molecular weight excluding hydrogens is 252 g/mol. The normalized spacial score (nSPS) is 20.2. The monoisotopic (exact) mass is 274 g/mol. The van der Waals surface area contributed by atoms with Crippen LogP contribution in [0.1, 0.15) is 25.3 Å². The van der Waals surface area contributed by atoms with E-state index in [0.717, 1.165) is 12.8 Å². The first-order valence-electron chi connectivity index (χ1n) is 7.25. The Morgan fingerprint density at radius 3 is 2.50 bits per heavy atom. The third kappa shape index (κ3) is 4.68. The van der Waals surface area contributed by atoms with Crippen molar-refractivity contribution in [2.45, 2.75) is 26.2 Å². The molecule has 1 aromatic rings. The highest BCUT2D eigenvalue weighted by atomic mass is 16.2. The minimum Gasteiger partial charge on any atom is -0.356 e. The van der Waals surface area contributed by atoms with Gasteiger partial charge >= 0.3 is 0 Å². The molecule has 2 unspecified atom stereocenters. The van der Waals surface area contributed by atoms with Crippen LogP contribution in [0.25, 0.3) is 0 Å². The van der Waals surface area contributed by atoms with Gasteiger partial charge in [0, 0.05) is 25.4 Å². The van der Waals surface area contributed by atoms with E-state index in [9.17, 15) is 9.59 Å². The van der Waals surface area contributed by atoms with Gasteiger partial charge in [0.2, 0.25) is 11.8 Å². The van der Waals surface area contributed by atoms with Gasteiger partial charge in [-0.05, 0) is 24.3 Å². The van der Waals surface area contributed by atoms with Crippen LogP contribution in [-0.2, 0) is 16.0 Å². The maximum Gasteiger partial charge on any atom is 0.223 e. The predicted octanol–water partition coefficient (Wildman–Crippen LogP) is 1.51. The standard InChI is InChI=1S/C16H22N2O2/c1-12-11-14(12)16(20)18-10-8-15(19)17-9-7-13-5-3-2-4-6-13/h2-6,12,14H,7-11H2,1H3,(H,17,19)(H,18,20).